The second-order valence-electron chi connectivity index (χ2n) is 6.29. The number of aromatic nitrogens is 3. The van der Waals surface area contributed by atoms with Crippen molar-refractivity contribution in [1.29, 1.82) is 0 Å². The van der Waals surface area contributed by atoms with Crippen LogP contribution in [0.15, 0.2) is 58.5 Å². The van der Waals surface area contributed by atoms with Gasteiger partial charge in [-0.2, -0.15) is 0 Å². The molecule has 0 aliphatic heterocycles. The molecule has 0 saturated carbocycles. The van der Waals surface area contributed by atoms with Crippen LogP contribution in [0, 0.1) is 3.95 Å². The third-order valence-electron chi connectivity index (χ3n) is 4.34. The van der Waals surface area contributed by atoms with Crippen molar-refractivity contribution >= 4 is 45.7 Å². The number of rotatable bonds is 7. The third kappa shape index (κ3) is 4.28. The lowest BCUT2D eigenvalue weighted by atomic mass is 10.2. The molecule has 0 amide bonds. The van der Waals surface area contributed by atoms with Gasteiger partial charge in [0.2, 0.25) is 0 Å². The zero-order valence-corrected chi connectivity index (χ0v) is 18.8. The van der Waals surface area contributed by atoms with Crippen molar-refractivity contribution in [3.05, 3.63) is 68.4 Å². The second kappa shape index (κ2) is 9.03. The number of nitrogens with one attached hydrogen (secondary N) is 1. The average molecular weight is 458 g/mol. The van der Waals surface area contributed by atoms with Crippen molar-refractivity contribution < 1.29 is 9.47 Å². The van der Waals surface area contributed by atoms with Crippen molar-refractivity contribution in [3.8, 4) is 17.2 Å². The van der Waals surface area contributed by atoms with Gasteiger partial charge in [0, 0.05) is 11.4 Å². The zero-order valence-electron chi connectivity index (χ0n) is 16.4. The number of ether oxygens (including phenoxy) is 2. The number of benzene rings is 2. The largest absolute Gasteiger partial charge is 0.497 e. The van der Waals surface area contributed by atoms with Crippen LogP contribution in [0.2, 0.25) is 0 Å². The van der Waals surface area contributed by atoms with E-state index in [9.17, 15) is 4.79 Å². The molecule has 0 bridgehead atoms. The van der Waals surface area contributed by atoms with Crippen LogP contribution in [0.25, 0.3) is 16.0 Å². The van der Waals surface area contributed by atoms with Gasteiger partial charge in [-0.1, -0.05) is 35.2 Å². The molecule has 0 spiro atoms. The monoisotopic (exact) mass is 457 g/mol. The first kappa shape index (κ1) is 20.6. The van der Waals surface area contributed by atoms with Gasteiger partial charge in [0.25, 0.3) is 5.56 Å². The fraction of sp³-hybridized carbons (Fsp3) is 0.190. The Morgan fingerprint density at radius 1 is 1.20 bits per heavy atom. The Balaban J connectivity index is 1.69. The zero-order chi connectivity index (χ0) is 21.1. The fourth-order valence-corrected chi connectivity index (χ4v) is 5.03. The maximum Gasteiger partial charge on any atom is 0.271 e. The summed E-state index contributed by atoms with van der Waals surface area (Å²) in [4.78, 5) is 20.2. The van der Waals surface area contributed by atoms with Gasteiger partial charge in [-0.05, 0) is 61.1 Å². The van der Waals surface area contributed by atoms with Gasteiger partial charge >= 0.3 is 0 Å². The summed E-state index contributed by atoms with van der Waals surface area (Å²) in [6.07, 6.45) is 0. The van der Waals surface area contributed by atoms with E-state index in [4.69, 9.17) is 26.7 Å². The number of aromatic amines is 1. The van der Waals surface area contributed by atoms with Crippen LogP contribution < -0.4 is 15.0 Å². The molecule has 2 heterocycles. The molecule has 154 valence electrons. The molecule has 1 N–H and O–H groups in total. The molecule has 6 nitrogen and oxygen atoms in total. The predicted octanol–water partition coefficient (Wildman–Crippen LogP) is 5.20. The predicted molar refractivity (Wildman–Crippen MR) is 124 cm³/mol. The Hall–Kier alpha value is -2.62. The third-order valence-corrected chi connectivity index (χ3v) is 6.64. The average Bonchev–Trinajstić information content (AvgIpc) is 3.10. The molecule has 30 heavy (non-hydrogen) atoms. The number of hydrogen-bond acceptors (Lipinski definition) is 7. The number of thiazole rings is 1. The molecule has 0 aliphatic rings. The molecule has 4 rings (SSSR count). The lowest BCUT2D eigenvalue weighted by Gasteiger charge is -2.08. The van der Waals surface area contributed by atoms with Gasteiger partial charge < -0.3 is 14.5 Å². The quantitative estimate of drug-likeness (QED) is 0.234. The van der Waals surface area contributed by atoms with Gasteiger partial charge in [-0.3, -0.25) is 9.36 Å². The Bertz CT molecular complexity index is 1290. The van der Waals surface area contributed by atoms with E-state index in [0.29, 0.717) is 31.8 Å². The smallest absolute Gasteiger partial charge is 0.271 e. The summed E-state index contributed by atoms with van der Waals surface area (Å²) in [7, 11) is 1.64. The van der Waals surface area contributed by atoms with Crippen LogP contribution in [-0.2, 0) is 5.75 Å². The minimum Gasteiger partial charge on any atom is -0.497 e. The lowest BCUT2D eigenvalue weighted by molar-refractivity contribution is 0.340. The SMILES string of the molecule is CCOc1ccc(-n2c(=S)sc3c(=O)[nH]c(SCc4cccc(OC)c4)nc32)cc1. The van der Waals surface area contributed by atoms with Gasteiger partial charge in [-0.15, -0.1) is 0 Å². The summed E-state index contributed by atoms with van der Waals surface area (Å²) < 4.78 is 13.7. The van der Waals surface area contributed by atoms with E-state index < -0.39 is 0 Å². The number of hydrogen-bond donors (Lipinski definition) is 1. The number of thioether (sulfide) groups is 1. The highest BCUT2D eigenvalue weighted by molar-refractivity contribution is 7.98. The van der Waals surface area contributed by atoms with E-state index in [-0.39, 0.29) is 5.56 Å². The molecular weight excluding hydrogens is 438 g/mol. The fourth-order valence-electron chi connectivity index (χ4n) is 2.96. The number of nitrogens with zero attached hydrogens (tertiary/aromatic N) is 2. The van der Waals surface area contributed by atoms with Crippen LogP contribution in [-0.4, -0.2) is 28.3 Å². The topological polar surface area (TPSA) is 69.1 Å². The second-order valence-corrected chi connectivity index (χ2v) is 8.90. The van der Waals surface area contributed by atoms with E-state index in [2.05, 4.69) is 4.98 Å². The molecule has 0 radical (unpaired) electrons. The Morgan fingerprint density at radius 2 is 2.00 bits per heavy atom. The van der Waals surface area contributed by atoms with E-state index in [1.165, 1.54) is 23.1 Å². The highest BCUT2D eigenvalue weighted by atomic mass is 32.2. The van der Waals surface area contributed by atoms with Gasteiger partial charge in [0.1, 0.15) is 16.2 Å². The first-order valence-electron chi connectivity index (χ1n) is 9.24. The molecule has 4 aromatic rings. The minimum atomic E-state index is -0.186. The maximum absolute atomic E-state index is 12.6. The number of H-pyrrole nitrogens is 1. The maximum atomic E-state index is 12.6. The lowest BCUT2D eigenvalue weighted by Crippen LogP contribution is -2.09. The van der Waals surface area contributed by atoms with E-state index in [0.717, 1.165) is 22.7 Å². The molecule has 2 aromatic heterocycles. The van der Waals surface area contributed by atoms with Crippen LogP contribution in [0.1, 0.15) is 12.5 Å². The van der Waals surface area contributed by atoms with E-state index in [1.54, 1.807) is 7.11 Å². The Morgan fingerprint density at radius 3 is 2.73 bits per heavy atom. The summed E-state index contributed by atoms with van der Waals surface area (Å²) >= 11 is 8.24. The first-order valence-corrected chi connectivity index (χ1v) is 11.4. The Labute approximate surface area is 186 Å². The summed E-state index contributed by atoms with van der Waals surface area (Å²) in [6, 6.07) is 15.4. The Kier molecular flexibility index (Phi) is 6.21. The van der Waals surface area contributed by atoms with Gasteiger partial charge in [0.15, 0.2) is 14.8 Å². The number of fused-ring (bicyclic) bond motifs is 1. The van der Waals surface area contributed by atoms with Crippen molar-refractivity contribution in [2.45, 2.75) is 17.8 Å². The molecule has 0 atom stereocenters. The summed E-state index contributed by atoms with van der Waals surface area (Å²) in [6.45, 7) is 2.54. The van der Waals surface area contributed by atoms with Crippen LogP contribution in [0.3, 0.4) is 0 Å². The van der Waals surface area contributed by atoms with E-state index in [1.807, 2.05) is 60.0 Å². The summed E-state index contributed by atoms with van der Waals surface area (Å²) in [5.74, 6) is 2.24. The van der Waals surface area contributed by atoms with Gasteiger partial charge in [-0.25, -0.2) is 4.98 Å². The van der Waals surface area contributed by atoms with E-state index >= 15 is 0 Å². The summed E-state index contributed by atoms with van der Waals surface area (Å²) in [5, 5.41) is 0.544. The number of methoxy groups -OCH3 is 1. The van der Waals surface area contributed by atoms with Crippen molar-refractivity contribution in [1.82, 2.24) is 14.5 Å². The van der Waals surface area contributed by atoms with Crippen molar-refractivity contribution in [3.63, 3.8) is 0 Å². The molecule has 9 heteroatoms. The minimum absolute atomic E-state index is 0.186. The van der Waals surface area contributed by atoms with Crippen molar-refractivity contribution in [2.24, 2.45) is 0 Å². The normalized spacial score (nSPS) is 11.0. The first-order chi connectivity index (χ1) is 14.6. The van der Waals surface area contributed by atoms with Crippen LogP contribution in [0.4, 0.5) is 0 Å². The summed E-state index contributed by atoms with van der Waals surface area (Å²) in [5.41, 5.74) is 2.30. The molecule has 0 saturated heterocycles. The highest BCUT2D eigenvalue weighted by Gasteiger charge is 2.14. The van der Waals surface area contributed by atoms with Crippen LogP contribution in [0.5, 0.6) is 11.5 Å². The molecular formula is C21H19N3O3S3. The highest BCUT2D eigenvalue weighted by Crippen LogP contribution is 2.27. The molecule has 0 fully saturated rings. The van der Waals surface area contributed by atoms with Crippen LogP contribution >= 0.6 is 35.3 Å². The van der Waals surface area contributed by atoms with Gasteiger partial charge in [0.05, 0.1) is 13.7 Å². The molecule has 2 aromatic carbocycles. The molecule has 0 unspecified atom stereocenters. The molecule has 0 aliphatic carbocycles. The van der Waals surface area contributed by atoms with Crippen molar-refractivity contribution in [2.75, 3.05) is 13.7 Å². The standard InChI is InChI=1S/C21H19N3O3S3/c1-3-27-15-9-7-14(8-10-15)24-18-17(30-21(24)28)19(25)23-20(22-18)29-12-13-5-4-6-16(11-13)26-2/h4-11H,3,12H2,1-2H3,(H,22,23,25).